The quantitative estimate of drug-likeness (QED) is 0.862. The number of pyridine rings is 1. The Bertz CT molecular complexity index is 531. The van der Waals surface area contributed by atoms with Gasteiger partial charge in [-0.2, -0.15) is 0 Å². The van der Waals surface area contributed by atoms with Gasteiger partial charge in [0.25, 0.3) is 5.56 Å². The van der Waals surface area contributed by atoms with Crippen LogP contribution in [0.5, 0.6) is 0 Å². The van der Waals surface area contributed by atoms with E-state index < -0.39 is 0 Å². The number of nitrogens with zero attached hydrogens (tertiary/aromatic N) is 1. The number of benzene rings is 1. The molecule has 88 valence electrons. The average molecular weight is 228 g/mol. The molecule has 3 heteroatoms. The average Bonchev–Trinajstić information content (AvgIpc) is 2.35. The maximum atomic E-state index is 11.9. The first-order chi connectivity index (χ1) is 8.31. The molecule has 0 aliphatic rings. The van der Waals surface area contributed by atoms with Crippen LogP contribution < -0.4 is 10.9 Å². The molecule has 1 aromatic carbocycles. The van der Waals surface area contributed by atoms with Crippen LogP contribution in [-0.4, -0.2) is 11.6 Å². The van der Waals surface area contributed by atoms with Crippen LogP contribution in [0.4, 0.5) is 0 Å². The summed E-state index contributed by atoms with van der Waals surface area (Å²) in [6.45, 7) is 1.32. The minimum absolute atomic E-state index is 0.0432. The van der Waals surface area contributed by atoms with Gasteiger partial charge in [-0.05, 0) is 18.7 Å². The molecule has 1 heterocycles. The number of rotatable bonds is 4. The molecule has 0 bridgehead atoms. The zero-order chi connectivity index (χ0) is 12.1. The molecule has 2 rings (SSSR count). The molecular formula is C14H16N2O. The second-order valence-electron chi connectivity index (χ2n) is 3.96. The van der Waals surface area contributed by atoms with E-state index >= 15 is 0 Å². The molecule has 0 radical (unpaired) electrons. The molecule has 0 saturated carbocycles. The van der Waals surface area contributed by atoms with Gasteiger partial charge in [0, 0.05) is 18.3 Å². The Morgan fingerprint density at radius 1 is 1.06 bits per heavy atom. The van der Waals surface area contributed by atoms with Crippen LogP contribution in [-0.2, 0) is 13.1 Å². The summed E-state index contributed by atoms with van der Waals surface area (Å²) in [5, 5.41) is 3.08. The lowest BCUT2D eigenvalue weighted by molar-refractivity contribution is 0.662. The molecule has 0 saturated heterocycles. The lowest BCUT2D eigenvalue weighted by Crippen LogP contribution is -2.25. The van der Waals surface area contributed by atoms with Crippen LogP contribution in [0, 0.1) is 0 Å². The maximum Gasteiger partial charge on any atom is 0.251 e. The second-order valence-corrected chi connectivity index (χ2v) is 3.96. The number of hydrogen-bond donors (Lipinski definition) is 1. The highest BCUT2D eigenvalue weighted by molar-refractivity contribution is 5.17. The van der Waals surface area contributed by atoms with Crippen molar-refractivity contribution < 1.29 is 0 Å². The van der Waals surface area contributed by atoms with Gasteiger partial charge >= 0.3 is 0 Å². The minimum Gasteiger partial charge on any atom is -0.314 e. The molecule has 17 heavy (non-hydrogen) atoms. The van der Waals surface area contributed by atoms with E-state index in [-0.39, 0.29) is 5.56 Å². The van der Waals surface area contributed by atoms with Gasteiger partial charge in [0.15, 0.2) is 0 Å². The minimum atomic E-state index is 0.0432. The topological polar surface area (TPSA) is 34.0 Å². The van der Waals surface area contributed by atoms with Crippen LogP contribution in [0.3, 0.4) is 0 Å². The maximum absolute atomic E-state index is 11.9. The van der Waals surface area contributed by atoms with Gasteiger partial charge in [-0.3, -0.25) is 4.79 Å². The van der Waals surface area contributed by atoms with Crippen LogP contribution in [0.25, 0.3) is 0 Å². The summed E-state index contributed by atoms with van der Waals surface area (Å²) in [5.41, 5.74) is 2.18. The number of aromatic nitrogens is 1. The first-order valence-corrected chi connectivity index (χ1v) is 5.68. The molecule has 0 spiro atoms. The molecule has 1 N–H and O–H groups in total. The molecule has 1 aromatic heterocycles. The lowest BCUT2D eigenvalue weighted by Gasteiger charge is -2.12. The van der Waals surface area contributed by atoms with Crippen LogP contribution in [0.2, 0.25) is 0 Å². The molecular weight excluding hydrogens is 212 g/mol. The Morgan fingerprint density at radius 3 is 2.53 bits per heavy atom. The zero-order valence-corrected chi connectivity index (χ0v) is 9.89. The van der Waals surface area contributed by atoms with Crippen molar-refractivity contribution in [2.75, 3.05) is 7.05 Å². The van der Waals surface area contributed by atoms with Gasteiger partial charge in [0.1, 0.15) is 0 Å². The van der Waals surface area contributed by atoms with E-state index in [0.29, 0.717) is 13.1 Å². The molecule has 0 aliphatic carbocycles. The van der Waals surface area contributed by atoms with Gasteiger partial charge in [-0.1, -0.05) is 36.4 Å². The van der Waals surface area contributed by atoms with E-state index in [1.165, 1.54) is 0 Å². The van der Waals surface area contributed by atoms with Gasteiger partial charge in [0.2, 0.25) is 0 Å². The third-order valence-corrected chi connectivity index (χ3v) is 2.68. The van der Waals surface area contributed by atoms with Crippen LogP contribution in [0.1, 0.15) is 11.3 Å². The van der Waals surface area contributed by atoms with Crippen molar-refractivity contribution in [1.29, 1.82) is 0 Å². The Balaban J connectivity index is 2.34. The van der Waals surface area contributed by atoms with E-state index in [0.717, 1.165) is 11.3 Å². The molecule has 3 nitrogen and oxygen atoms in total. The SMILES string of the molecule is CNCc1cccc(=O)n1Cc1ccccc1. The van der Waals surface area contributed by atoms with E-state index in [2.05, 4.69) is 5.32 Å². The predicted octanol–water partition coefficient (Wildman–Crippen LogP) is 1.62. The first-order valence-electron chi connectivity index (χ1n) is 5.68. The van der Waals surface area contributed by atoms with Crippen molar-refractivity contribution >= 4 is 0 Å². The summed E-state index contributed by atoms with van der Waals surface area (Å²) in [4.78, 5) is 11.9. The monoisotopic (exact) mass is 228 g/mol. The van der Waals surface area contributed by atoms with E-state index in [4.69, 9.17) is 0 Å². The summed E-state index contributed by atoms with van der Waals surface area (Å²) in [7, 11) is 1.88. The van der Waals surface area contributed by atoms with E-state index in [1.54, 1.807) is 16.7 Å². The van der Waals surface area contributed by atoms with Crippen LogP contribution >= 0.6 is 0 Å². The summed E-state index contributed by atoms with van der Waals surface area (Å²) in [6.07, 6.45) is 0. The first kappa shape index (κ1) is 11.6. The largest absolute Gasteiger partial charge is 0.314 e. The summed E-state index contributed by atoms with van der Waals surface area (Å²) < 4.78 is 1.80. The second kappa shape index (κ2) is 5.46. The number of hydrogen-bond acceptors (Lipinski definition) is 2. The molecule has 0 amide bonds. The van der Waals surface area contributed by atoms with Crippen molar-refractivity contribution in [3.63, 3.8) is 0 Å². The fraction of sp³-hybridized carbons (Fsp3) is 0.214. The van der Waals surface area contributed by atoms with E-state index in [9.17, 15) is 4.79 Å². The predicted molar refractivity (Wildman–Crippen MR) is 69.0 cm³/mol. The molecule has 0 atom stereocenters. The van der Waals surface area contributed by atoms with Crippen molar-refractivity contribution in [2.45, 2.75) is 13.1 Å². The summed E-state index contributed by atoms with van der Waals surface area (Å²) in [5.74, 6) is 0. The highest BCUT2D eigenvalue weighted by Gasteiger charge is 2.03. The van der Waals surface area contributed by atoms with Crippen molar-refractivity contribution in [2.24, 2.45) is 0 Å². The zero-order valence-electron chi connectivity index (χ0n) is 9.89. The summed E-state index contributed by atoms with van der Waals surface area (Å²) in [6, 6.07) is 15.4. The van der Waals surface area contributed by atoms with Gasteiger partial charge in [-0.25, -0.2) is 0 Å². The van der Waals surface area contributed by atoms with Crippen molar-refractivity contribution in [1.82, 2.24) is 9.88 Å². The van der Waals surface area contributed by atoms with Gasteiger partial charge in [0.05, 0.1) is 6.54 Å². The Kier molecular flexibility index (Phi) is 3.73. The normalized spacial score (nSPS) is 10.4. The molecule has 0 unspecified atom stereocenters. The fourth-order valence-corrected chi connectivity index (χ4v) is 1.84. The molecule has 0 aliphatic heterocycles. The summed E-state index contributed by atoms with van der Waals surface area (Å²) >= 11 is 0. The highest BCUT2D eigenvalue weighted by Crippen LogP contribution is 2.03. The highest BCUT2D eigenvalue weighted by atomic mass is 16.1. The Hall–Kier alpha value is -1.87. The molecule has 0 fully saturated rings. The number of nitrogens with one attached hydrogen (secondary N) is 1. The smallest absolute Gasteiger partial charge is 0.251 e. The fourth-order valence-electron chi connectivity index (χ4n) is 1.84. The van der Waals surface area contributed by atoms with Crippen molar-refractivity contribution in [3.8, 4) is 0 Å². The van der Waals surface area contributed by atoms with Crippen molar-refractivity contribution in [3.05, 3.63) is 70.1 Å². The lowest BCUT2D eigenvalue weighted by atomic mass is 10.2. The van der Waals surface area contributed by atoms with E-state index in [1.807, 2.05) is 43.4 Å². The Labute approximate surface area is 101 Å². The molecule has 2 aromatic rings. The van der Waals surface area contributed by atoms with Crippen LogP contribution in [0.15, 0.2) is 53.3 Å². The van der Waals surface area contributed by atoms with Gasteiger partial charge < -0.3 is 9.88 Å². The third kappa shape index (κ3) is 2.82. The Morgan fingerprint density at radius 2 is 1.82 bits per heavy atom. The standard InChI is InChI=1S/C14H16N2O/c1-15-10-13-8-5-9-14(17)16(13)11-12-6-3-2-4-7-12/h2-9,15H,10-11H2,1H3. The van der Waals surface area contributed by atoms with Gasteiger partial charge in [-0.15, -0.1) is 0 Å². The third-order valence-electron chi connectivity index (χ3n) is 2.68.